The molecule has 0 aromatic heterocycles. The van der Waals surface area contributed by atoms with Gasteiger partial charge in [0.1, 0.15) is 17.2 Å². The molecule has 0 saturated carbocycles. The summed E-state index contributed by atoms with van der Waals surface area (Å²) < 4.78 is 5.22. The normalized spacial score (nSPS) is 10.4. The monoisotopic (exact) mass is 488 g/mol. The molecule has 0 radical (unpaired) electrons. The van der Waals surface area contributed by atoms with Crippen LogP contribution in [0.5, 0.6) is 17.2 Å². The summed E-state index contributed by atoms with van der Waals surface area (Å²) in [6.45, 7) is 4.16. The third-order valence-electron chi connectivity index (χ3n) is 5.72. The molecule has 2 amide bonds. The van der Waals surface area contributed by atoms with Crippen LogP contribution in [0.1, 0.15) is 25.0 Å². The summed E-state index contributed by atoms with van der Waals surface area (Å²) in [4.78, 5) is 21.7. The molecule has 4 aromatic carbocycles. The summed E-state index contributed by atoms with van der Waals surface area (Å²) in [7, 11) is 1.62. The Bertz CT molecular complexity index is 1370. The molecule has 4 aromatic rings. The van der Waals surface area contributed by atoms with Gasteiger partial charge in [0.05, 0.1) is 7.11 Å². The first-order valence-electron chi connectivity index (χ1n) is 11.8. The number of methoxy groups -OCH3 is 1. The minimum Gasteiger partial charge on any atom is -0.508 e. The standard InChI is InChI=1S/C15H17NO3.C14H15NO2/c1-10(17)16-6-5-12-8-13(18)7-11-3-4-14(19-2)9-15(11)12;1-10(16)15-8-7-12-4-2-3-11-5-6-13(17)9-14(11)12/h3-4,7-9,18H,5-6H2,1-2H3,(H,16,17);2-6,9,17H,7-8H2,1H3,(H,15,16). The van der Waals surface area contributed by atoms with Crippen molar-refractivity contribution in [2.75, 3.05) is 20.2 Å². The zero-order valence-electron chi connectivity index (χ0n) is 20.8. The Balaban J connectivity index is 0.000000202. The Kier molecular flexibility index (Phi) is 9.11. The number of benzene rings is 4. The van der Waals surface area contributed by atoms with Crippen LogP contribution in [0.2, 0.25) is 0 Å². The second-order valence-corrected chi connectivity index (χ2v) is 8.48. The van der Waals surface area contributed by atoms with Crippen molar-refractivity contribution in [3.05, 3.63) is 77.9 Å². The highest BCUT2D eigenvalue weighted by molar-refractivity contribution is 5.89. The molecule has 0 saturated heterocycles. The Labute approximate surface area is 210 Å². The number of carbonyl (C=O) groups excluding carboxylic acids is 2. The van der Waals surface area contributed by atoms with E-state index in [1.54, 1.807) is 31.4 Å². The summed E-state index contributed by atoms with van der Waals surface area (Å²) in [5.74, 6) is 1.20. The quantitative estimate of drug-likeness (QED) is 0.307. The second kappa shape index (κ2) is 12.4. The summed E-state index contributed by atoms with van der Waals surface area (Å²) in [6, 6.07) is 20.5. The largest absolute Gasteiger partial charge is 0.508 e. The van der Waals surface area contributed by atoms with Gasteiger partial charge in [-0.3, -0.25) is 9.59 Å². The van der Waals surface area contributed by atoms with E-state index < -0.39 is 0 Å². The van der Waals surface area contributed by atoms with Gasteiger partial charge < -0.3 is 25.6 Å². The van der Waals surface area contributed by atoms with E-state index in [9.17, 15) is 19.8 Å². The van der Waals surface area contributed by atoms with E-state index in [0.717, 1.165) is 44.8 Å². The molecule has 0 heterocycles. The highest BCUT2D eigenvalue weighted by Crippen LogP contribution is 2.28. The lowest BCUT2D eigenvalue weighted by Crippen LogP contribution is -2.22. The van der Waals surface area contributed by atoms with Gasteiger partial charge in [-0.1, -0.05) is 30.3 Å². The highest BCUT2D eigenvalue weighted by atomic mass is 16.5. The van der Waals surface area contributed by atoms with E-state index >= 15 is 0 Å². The first-order valence-corrected chi connectivity index (χ1v) is 11.8. The van der Waals surface area contributed by atoms with Gasteiger partial charge in [0.15, 0.2) is 0 Å². The molecule has 4 N–H and O–H groups in total. The van der Waals surface area contributed by atoms with Gasteiger partial charge in [0.25, 0.3) is 0 Å². The molecule has 0 unspecified atom stereocenters. The smallest absolute Gasteiger partial charge is 0.216 e. The fourth-order valence-electron chi connectivity index (χ4n) is 4.02. The number of amides is 2. The number of fused-ring (bicyclic) bond motifs is 2. The number of hydrogen-bond donors (Lipinski definition) is 4. The maximum atomic E-state index is 10.9. The number of phenolic OH excluding ortho intramolecular Hbond substituents is 2. The first-order chi connectivity index (χ1) is 17.3. The average Bonchev–Trinajstić information content (AvgIpc) is 2.84. The van der Waals surface area contributed by atoms with E-state index in [4.69, 9.17) is 4.74 Å². The molecular formula is C29H32N2O5. The van der Waals surface area contributed by atoms with Crippen LogP contribution in [-0.2, 0) is 22.4 Å². The van der Waals surface area contributed by atoms with Gasteiger partial charge in [-0.2, -0.15) is 0 Å². The van der Waals surface area contributed by atoms with Gasteiger partial charge >= 0.3 is 0 Å². The maximum absolute atomic E-state index is 10.9. The first kappa shape index (κ1) is 26.3. The molecule has 36 heavy (non-hydrogen) atoms. The van der Waals surface area contributed by atoms with E-state index in [2.05, 4.69) is 10.6 Å². The Morgan fingerprint density at radius 3 is 2.03 bits per heavy atom. The van der Waals surface area contributed by atoms with Crippen molar-refractivity contribution in [2.24, 2.45) is 0 Å². The molecule has 7 nitrogen and oxygen atoms in total. The summed E-state index contributed by atoms with van der Waals surface area (Å²) in [5.41, 5.74) is 2.12. The molecule has 0 spiro atoms. The third kappa shape index (κ3) is 7.37. The number of phenols is 2. The van der Waals surface area contributed by atoms with E-state index in [1.165, 1.54) is 13.8 Å². The van der Waals surface area contributed by atoms with Gasteiger partial charge in [-0.05, 0) is 81.9 Å². The van der Waals surface area contributed by atoms with Crippen LogP contribution in [0.15, 0.2) is 66.7 Å². The fourth-order valence-corrected chi connectivity index (χ4v) is 4.02. The summed E-state index contributed by atoms with van der Waals surface area (Å²) in [5, 5.41) is 28.9. The zero-order valence-corrected chi connectivity index (χ0v) is 20.8. The number of hydrogen-bond acceptors (Lipinski definition) is 5. The van der Waals surface area contributed by atoms with Crippen molar-refractivity contribution in [3.63, 3.8) is 0 Å². The zero-order chi connectivity index (χ0) is 26.1. The van der Waals surface area contributed by atoms with E-state index in [-0.39, 0.29) is 23.3 Å². The molecule has 188 valence electrons. The number of carbonyl (C=O) groups is 2. The fraction of sp³-hybridized carbons (Fsp3) is 0.241. The molecule has 0 aliphatic heterocycles. The number of rotatable bonds is 7. The van der Waals surface area contributed by atoms with Crippen LogP contribution in [0.25, 0.3) is 21.5 Å². The van der Waals surface area contributed by atoms with Crippen LogP contribution in [-0.4, -0.2) is 42.2 Å². The van der Waals surface area contributed by atoms with Crippen molar-refractivity contribution in [1.29, 1.82) is 0 Å². The summed E-state index contributed by atoms with van der Waals surface area (Å²) >= 11 is 0. The Hall–Kier alpha value is -4.26. The predicted octanol–water partition coefficient (Wildman–Crippen LogP) is 4.46. The highest BCUT2D eigenvalue weighted by Gasteiger charge is 2.06. The van der Waals surface area contributed by atoms with Crippen LogP contribution in [0.4, 0.5) is 0 Å². The second-order valence-electron chi connectivity index (χ2n) is 8.48. The minimum atomic E-state index is -0.0537. The van der Waals surface area contributed by atoms with Crippen molar-refractivity contribution >= 4 is 33.4 Å². The number of nitrogens with one attached hydrogen (secondary N) is 2. The molecule has 0 atom stereocenters. The van der Waals surface area contributed by atoms with Crippen LogP contribution in [0, 0.1) is 0 Å². The lowest BCUT2D eigenvalue weighted by molar-refractivity contribution is -0.119. The average molecular weight is 489 g/mol. The third-order valence-corrected chi connectivity index (χ3v) is 5.72. The molecule has 4 rings (SSSR count). The van der Waals surface area contributed by atoms with Gasteiger partial charge in [0, 0.05) is 26.9 Å². The predicted molar refractivity (Wildman–Crippen MR) is 143 cm³/mol. The van der Waals surface area contributed by atoms with E-state index in [1.807, 2.05) is 42.5 Å². The number of aromatic hydroxyl groups is 2. The lowest BCUT2D eigenvalue weighted by atomic mass is 10.0. The van der Waals surface area contributed by atoms with Gasteiger partial charge in [-0.25, -0.2) is 0 Å². The Morgan fingerprint density at radius 1 is 0.722 bits per heavy atom. The van der Waals surface area contributed by atoms with Crippen molar-refractivity contribution in [2.45, 2.75) is 26.7 Å². The summed E-state index contributed by atoms with van der Waals surface area (Å²) in [6.07, 6.45) is 1.43. The Morgan fingerprint density at radius 2 is 1.36 bits per heavy atom. The topological polar surface area (TPSA) is 108 Å². The minimum absolute atomic E-state index is 0.0203. The number of ether oxygens (including phenoxy) is 1. The van der Waals surface area contributed by atoms with Gasteiger partial charge in [0.2, 0.25) is 11.8 Å². The maximum Gasteiger partial charge on any atom is 0.216 e. The van der Waals surface area contributed by atoms with Crippen LogP contribution >= 0.6 is 0 Å². The molecule has 0 bridgehead atoms. The SMILES string of the molecule is CC(=O)NCCc1cccc2ccc(O)cc12.COc1ccc2cc(O)cc(CCNC(C)=O)c2c1. The molecule has 7 heteroatoms. The van der Waals surface area contributed by atoms with Crippen molar-refractivity contribution < 1.29 is 24.5 Å². The molecule has 0 aliphatic carbocycles. The molecular weight excluding hydrogens is 456 g/mol. The van der Waals surface area contributed by atoms with Crippen molar-refractivity contribution in [1.82, 2.24) is 10.6 Å². The van der Waals surface area contributed by atoms with Crippen LogP contribution < -0.4 is 15.4 Å². The molecule has 0 aliphatic rings. The van der Waals surface area contributed by atoms with Gasteiger partial charge in [-0.15, -0.1) is 0 Å². The van der Waals surface area contributed by atoms with Crippen molar-refractivity contribution in [3.8, 4) is 17.2 Å². The van der Waals surface area contributed by atoms with E-state index in [0.29, 0.717) is 19.5 Å². The molecule has 0 fully saturated rings. The lowest BCUT2D eigenvalue weighted by Gasteiger charge is -2.10. The van der Waals surface area contributed by atoms with Crippen LogP contribution in [0.3, 0.4) is 0 Å².